The van der Waals surface area contributed by atoms with Gasteiger partial charge in [-0.25, -0.2) is 4.79 Å². The first-order chi connectivity index (χ1) is 7.60. The van der Waals surface area contributed by atoms with Crippen molar-refractivity contribution in [1.82, 2.24) is 0 Å². The van der Waals surface area contributed by atoms with E-state index in [0.717, 1.165) is 0 Å². The van der Waals surface area contributed by atoms with Gasteiger partial charge in [0.05, 0.1) is 12.7 Å². The molecule has 1 aromatic carbocycles. The summed E-state index contributed by atoms with van der Waals surface area (Å²) in [6.07, 6.45) is 0.238. The summed E-state index contributed by atoms with van der Waals surface area (Å²) in [4.78, 5) is 22.7. The SMILES string of the molecule is COC(=O)c1ccc(C(=O)CCN)c(N)c1. The highest BCUT2D eigenvalue weighted by atomic mass is 16.5. The van der Waals surface area contributed by atoms with E-state index < -0.39 is 5.97 Å². The third-order valence-corrected chi connectivity index (χ3v) is 2.14. The molecule has 4 N–H and O–H groups in total. The average molecular weight is 222 g/mol. The van der Waals surface area contributed by atoms with Crippen LogP contribution >= 0.6 is 0 Å². The molecule has 0 aromatic heterocycles. The summed E-state index contributed by atoms with van der Waals surface area (Å²) in [6.45, 7) is 0.275. The first kappa shape index (κ1) is 12.2. The van der Waals surface area contributed by atoms with Gasteiger partial charge in [0.1, 0.15) is 0 Å². The van der Waals surface area contributed by atoms with Gasteiger partial charge in [-0.1, -0.05) is 0 Å². The van der Waals surface area contributed by atoms with E-state index in [1.807, 2.05) is 0 Å². The molecule has 0 aliphatic rings. The zero-order valence-corrected chi connectivity index (χ0v) is 9.03. The summed E-state index contributed by atoms with van der Waals surface area (Å²) in [7, 11) is 1.28. The van der Waals surface area contributed by atoms with Gasteiger partial charge in [-0.05, 0) is 24.7 Å². The number of Topliss-reactive ketones (excluding diaryl/α,β-unsaturated/α-hetero) is 1. The second-order valence-corrected chi connectivity index (χ2v) is 3.26. The lowest BCUT2D eigenvalue weighted by molar-refractivity contribution is 0.0600. The fraction of sp³-hybridized carbons (Fsp3) is 0.273. The molecule has 0 amide bonds. The van der Waals surface area contributed by atoms with E-state index in [1.165, 1.54) is 25.3 Å². The fourth-order valence-electron chi connectivity index (χ4n) is 1.33. The molecule has 16 heavy (non-hydrogen) atoms. The highest BCUT2D eigenvalue weighted by molar-refractivity contribution is 6.02. The topological polar surface area (TPSA) is 95.4 Å². The number of carbonyl (C=O) groups excluding carboxylic acids is 2. The Morgan fingerprint density at radius 2 is 2.06 bits per heavy atom. The lowest BCUT2D eigenvalue weighted by Gasteiger charge is -2.06. The molecule has 0 saturated heterocycles. The number of rotatable bonds is 4. The van der Waals surface area contributed by atoms with Gasteiger partial charge in [-0.3, -0.25) is 4.79 Å². The maximum atomic E-state index is 11.5. The van der Waals surface area contributed by atoms with E-state index in [4.69, 9.17) is 11.5 Å². The second kappa shape index (κ2) is 5.27. The van der Waals surface area contributed by atoms with Crippen LogP contribution in [0, 0.1) is 0 Å². The van der Waals surface area contributed by atoms with E-state index in [0.29, 0.717) is 11.1 Å². The van der Waals surface area contributed by atoms with Crippen LogP contribution in [0.4, 0.5) is 5.69 Å². The summed E-state index contributed by atoms with van der Waals surface area (Å²) < 4.78 is 4.54. The van der Waals surface area contributed by atoms with Gasteiger partial charge < -0.3 is 16.2 Å². The van der Waals surface area contributed by atoms with Crippen LogP contribution in [0.25, 0.3) is 0 Å². The smallest absolute Gasteiger partial charge is 0.337 e. The second-order valence-electron chi connectivity index (χ2n) is 3.26. The third kappa shape index (κ3) is 2.58. The van der Waals surface area contributed by atoms with Gasteiger partial charge >= 0.3 is 5.97 Å². The lowest BCUT2D eigenvalue weighted by Crippen LogP contribution is -2.11. The molecule has 1 aromatic rings. The molecular weight excluding hydrogens is 208 g/mol. The molecule has 1 rings (SSSR count). The Hall–Kier alpha value is -1.88. The number of nitrogen functional groups attached to an aromatic ring is 1. The molecule has 0 heterocycles. The van der Waals surface area contributed by atoms with Gasteiger partial charge in [-0.2, -0.15) is 0 Å². The van der Waals surface area contributed by atoms with Crippen molar-refractivity contribution in [3.05, 3.63) is 29.3 Å². The summed E-state index contributed by atoms with van der Waals surface area (Å²) >= 11 is 0. The number of hydrogen-bond acceptors (Lipinski definition) is 5. The van der Waals surface area contributed by atoms with Crippen LogP contribution in [0.1, 0.15) is 27.1 Å². The van der Waals surface area contributed by atoms with Crippen LogP contribution in [0.5, 0.6) is 0 Å². The largest absolute Gasteiger partial charge is 0.465 e. The molecule has 0 unspecified atom stereocenters. The number of nitrogens with two attached hydrogens (primary N) is 2. The van der Waals surface area contributed by atoms with Gasteiger partial charge in [0.25, 0.3) is 0 Å². The molecule has 86 valence electrons. The number of ketones is 1. The molecule has 0 saturated carbocycles. The van der Waals surface area contributed by atoms with E-state index in [9.17, 15) is 9.59 Å². The van der Waals surface area contributed by atoms with E-state index >= 15 is 0 Å². The molecule has 0 atom stereocenters. The molecular formula is C11H14N2O3. The van der Waals surface area contributed by atoms with Gasteiger partial charge in [0.15, 0.2) is 5.78 Å². The predicted molar refractivity (Wildman–Crippen MR) is 60.2 cm³/mol. The van der Waals surface area contributed by atoms with Crippen LogP contribution in [-0.4, -0.2) is 25.4 Å². The highest BCUT2D eigenvalue weighted by Gasteiger charge is 2.12. The van der Waals surface area contributed by atoms with E-state index in [-0.39, 0.29) is 24.4 Å². The third-order valence-electron chi connectivity index (χ3n) is 2.14. The summed E-state index contributed by atoms with van der Waals surface area (Å²) in [6, 6.07) is 4.45. The minimum absolute atomic E-state index is 0.128. The molecule has 0 fully saturated rings. The molecule has 0 bridgehead atoms. The van der Waals surface area contributed by atoms with Crippen molar-refractivity contribution in [3.8, 4) is 0 Å². The maximum absolute atomic E-state index is 11.5. The first-order valence-corrected chi connectivity index (χ1v) is 4.81. The minimum Gasteiger partial charge on any atom is -0.465 e. The Labute approximate surface area is 93.4 Å². The van der Waals surface area contributed by atoms with Gasteiger partial charge in [-0.15, -0.1) is 0 Å². The van der Waals surface area contributed by atoms with Crippen molar-refractivity contribution in [2.75, 3.05) is 19.4 Å². The number of hydrogen-bond donors (Lipinski definition) is 2. The number of ether oxygens (including phenoxy) is 1. The van der Waals surface area contributed by atoms with Crippen LogP contribution < -0.4 is 11.5 Å². The highest BCUT2D eigenvalue weighted by Crippen LogP contribution is 2.16. The van der Waals surface area contributed by atoms with Gasteiger partial charge in [0.2, 0.25) is 0 Å². The zero-order chi connectivity index (χ0) is 12.1. The van der Waals surface area contributed by atoms with Crippen LogP contribution in [0.15, 0.2) is 18.2 Å². The maximum Gasteiger partial charge on any atom is 0.337 e. The van der Waals surface area contributed by atoms with Crippen LogP contribution in [0.2, 0.25) is 0 Å². The Balaban J connectivity index is 3.00. The number of methoxy groups -OCH3 is 1. The van der Waals surface area contributed by atoms with Crippen molar-refractivity contribution in [1.29, 1.82) is 0 Å². The standard InChI is InChI=1S/C11H14N2O3/c1-16-11(15)7-2-3-8(9(13)6-7)10(14)4-5-12/h2-3,6H,4-5,12-13H2,1H3. The molecule has 0 radical (unpaired) electrons. The molecule has 5 heteroatoms. The van der Waals surface area contributed by atoms with Crippen LogP contribution in [-0.2, 0) is 4.74 Å². The number of anilines is 1. The lowest BCUT2D eigenvalue weighted by atomic mass is 10.0. The number of benzene rings is 1. The van der Waals surface area contributed by atoms with E-state index in [1.54, 1.807) is 0 Å². The monoisotopic (exact) mass is 222 g/mol. The Morgan fingerprint density at radius 3 is 2.56 bits per heavy atom. The Bertz CT molecular complexity index is 416. The van der Waals surface area contributed by atoms with Crippen molar-refractivity contribution in [2.45, 2.75) is 6.42 Å². The number of esters is 1. The Morgan fingerprint density at radius 1 is 1.38 bits per heavy atom. The fourth-order valence-corrected chi connectivity index (χ4v) is 1.33. The summed E-state index contributed by atoms with van der Waals surface area (Å²) in [5.74, 6) is -0.610. The molecule has 0 aliphatic carbocycles. The molecule has 0 aliphatic heterocycles. The molecule has 0 spiro atoms. The predicted octanol–water partition coefficient (Wildman–Crippen LogP) is 0.587. The molecule has 5 nitrogen and oxygen atoms in total. The summed E-state index contributed by atoms with van der Waals surface area (Å²) in [5.41, 5.74) is 11.9. The summed E-state index contributed by atoms with van der Waals surface area (Å²) in [5, 5.41) is 0. The average Bonchev–Trinajstić information content (AvgIpc) is 2.28. The van der Waals surface area contributed by atoms with Crippen molar-refractivity contribution in [3.63, 3.8) is 0 Å². The van der Waals surface area contributed by atoms with Crippen molar-refractivity contribution < 1.29 is 14.3 Å². The zero-order valence-electron chi connectivity index (χ0n) is 9.03. The van der Waals surface area contributed by atoms with Gasteiger partial charge in [0, 0.05) is 17.7 Å². The number of carbonyl (C=O) groups is 2. The van der Waals surface area contributed by atoms with Crippen LogP contribution in [0.3, 0.4) is 0 Å². The first-order valence-electron chi connectivity index (χ1n) is 4.81. The van der Waals surface area contributed by atoms with Crippen molar-refractivity contribution >= 4 is 17.4 Å². The Kier molecular flexibility index (Phi) is 4.02. The normalized spacial score (nSPS) is 9.88. The van der Waals surface area contributed by atoms with Crippen molar-refractivity contribution in [2.24, 2.45) is 5.73 Å². The quantitative estimate of drug-likeness (QED) is 0.441. The van der Waals surface area contributed by atoms with E-state index in [2.05, 4.69) is 4.74 Å². The minimum atomic E-state index is -0.482.